The number of benzene rings is 1. The first-order valence-corrected chi connectivity index (χ1v) is 10.0. The zero-order valence-corrected chi connectivity index (χ0v) is 15.7. The molecule has 2 bridgehead atoms. The van der Waals surface area contributed by atoms with Crippen LogP contribution in [-0.4, -0.2) is 28.8 Å². The van der Waals surface area contributed by atoms with Crippen LogP contribution in [0.4, 0.5) is 13.2 Å². The van der Waals surface area contributed by atoms with Crippen molar-refractivity contribution >= 4 is 0 Å². The molecule has 3 aliphatic rings. The largest absolute Gasteiger partial charge is 0.573 e. The molecule has 4 atom stereocenters. The number of alkyl halides is 3. The highest BCUT2D eigenvalue weighted by Gasteiger charge is 2.46. The fourth-order valence-electron chi connectivity index (χ4n) is 4.85. The molecule has 0 radical (unpaired) electrons. The highest BCUT2D eigenvalue weighted by molar-refractivity contribution is 5.70. The van der Waals surface area contributed by atoms with Crippen LogP contribution in [0.1, 0.15) is 49.3 Å². The van der Waals surface area contributed by atoms with E-state index in [4.69, 9.17) is 9.26 Å². The van der Waals surface area contributed by atoms with E-state index in [2.05, 4.69) is 9.89 Å². The lowest BCUT2D eigenvalue weighted by Gasteiger charge is -2.26. The molecule has 8 heteroatoms. The number of ether oxygens (including phenoxy) is 2. The third-order valence-corrected chi connectivity index (χ3v) is 6.29. The maximum Gasteiger partial charge on any atom is 0.573 e. The molecule has 29 heavy (non-hydrogen) atoms. The average molecular weight is 409 g/mol. The van der Waals surface area contributed by atoms with E-state index in [1.807, 2.05) is 0 Å². The SMILES string of the molecule is OC1CC2CC1[C@@H](OCc1c(-c3ccccc3OC(F)(F)F)noc1C1CC1)C2. The Morgan fingerprint density at radius 3 is 2.62 bits per heavy atom. The fraction of sp³-hybridized carbons (Fsp3) is 0.571. The lowest BCUT2D eigenvalue weighted by Crippen LogP contribution is -2.30. The Bertz CT molecular complexity index is 892. The van der Waals surface area contributed by atoms with Crippen LogP contribution in [0.5, 0.6) is 5.75 Å². The van der Waals surface area contributed by atoms with Crippen LogP contribution in [-0.2, 0) is 11.3 Å². The highest BCUT2D eigenvalue weighted by atomic mass is 19.4. The molecule has 1 aromatic carbocycles. The molecule has 0 aliphatic heterocycles. The second kappa shape index (κ2) is 7.02. The van der Waals surface area contributed by atoms with Crippen molar-refractivity contribution in [1.82, 2.24) is 5.16 Å². The van der Waals surface area contributed by atoms with E-state index >= 15 is 0 Å². The maximum absolute atomic E-state index is 12.8. The molecule has 3 fully saturated rings. The van der Waals surface area contributed by atoms with Crippen molar-refractivity contribution in [1.29, 1.82) is 0 Å². The summed E-state index contributed by atoms with van der Waals surface area (Å²) < 4.78 is 54.4. The minimum absolute atomic E-state index is 0.0415. The van der Waals surface area contributed by atoms with Gasteiger partial charge in [0, 0.05) is 23.0 Å². The van der Waals surface area contributed by atoms with Crippen molar-refractivity contribution in [3.63, 3.8) is 0 Å². The summed E-state index contributed by atoms with van der Waals surface area (Å²) in [7, 11) is 0. The minimum atomic E-state index is -4.80. The summed E-state index contributed by atoms with van der Waals surface area (Å²) in [6.45, 7) is 0.200. The standard InChI is InChI=1S/C21H22F3NO4/c22-21(23,24)28-17-4-2-1-3-13(17)19-15(20(29-25-19)12-5-6-12)10-27-18-9-11-7-14(18)16(26)8-11/h1-4,11-12,14,16,18,26H,5-10H2/t11?,14?,16?,18-/m0/s1. The molecule has 3 unspecified atom stereocenters. The van der Waals surface area contributed by atoms with E-state index in [1.165, 1.54) is 12.1 Å². The minimum Gasteiger partial charge on any atom is -0.405 e. The van der Waals surface area contributed by atoms with Gasteiger partial charge in [-0.3, -0.25) is 0 Å². The van der Waals surface area contributed by atoms with E-state index in [0.717, 1.165) is 32.1 Å². The number of rotatable bonds is 6. The Morgan fingerprint density at radius 2 is 1.93 bits per heavy atom. The first-order chi connectivity index (χ1) is 13.9. The van der Waals surface area contributed by atoms with Crippen molar-refractivity contribution in [3.05, 3.63) is 35.6 Å². The van der Waals surface area contributed by atoms with Gasteiger partial charge in [0.25, 0.3) is 0 Å². The molecule has 5 rings (SSSR count). The zero-order chi connectivity index (χ0) is 20.2. The van der Waals surface area contributed by atoms with Crippen LogP contribution >= 0.6 is 0 Å². The lowest BCUT2D eigenvalue weighted by atomic mass is 9.95. The molecule has 0 amide bonds. The molecule has 1 heterocycles. The highest BCUT2D eigenvalue weighted by Crippen LogP contribution is 2.48. The Morgan fingerprint density at radius 1 is 1.14 bits per heavy atom. The average Bonchev–Trinajstić information content (AvgIpc) is 3.14. The second-order valence-electron chi connectivity index (χ2n) is 8.35. The summed E-state index contributed by atoms with van der Waals surface area (Å²) in [4.78, 5) is 0. The lowest BCUT2D eigenvalue weighted by molar-refractivity contribution is -0.274. The van der Waals surface area contributed by atoms with E-state index in [9.17, 15) is 18.3 Å². The van der Waals surface area contributed by atoms with Crippen molar-refractivity contribution in [2.45, 2.75) is 63.2 Å². The third kappa shape index (κ3) is 3.75. The van der Waals surface area contributed by atoms with Gasteiger partial charge in [-0.2, -0.15) is 0 Å². The van der Waals surface area contributed by atoms with Crippen LogP contribution < -0.4 is 4.74 Å². The monoisotopic (exact) mass is 409 g/mol. The van der Waals surface area contributed by atoms with Gasteiger partial charge in [-0.25, -0.2) is 0 Å². The van der Waals surface area contributed by atoms with Crippen molar-refractivity contribution in [2.75, 3.05) is 0 Å². The molecule has 3 aliphatic carbocycles. The molecule has 156 valence electrons. The van der Waals surface area contributed by atoms with Crippen LogP contribution in [0.2, 0.25) is 0 Å². The number of nitrogens with zero attached hydrogens (tertiary/aromatic N) is 1. The Kier molecular flexibility index (Phi) is 4.58. The Balaban J connectivity index is 1.43. The number of aliphatic hydroxyl groups is 1. The van der Waals surface area contributed by atoms with Crippen molar-refractivity contribution in [3.8, 4) is 17.0 Å². The molecule has 1 aromatic heterocycles. The molecular formula is C21H22F3NO4. The van der Waals surface area contributed by atoms with Crippen molar-refractivity contribution in [2.24, 2.45) is 11.8 Å². The number of para-hydroxylation sites is 1. The topological polar surface area (TPSA) is 64.7 Å². The summed E-state index contributed by atoms with van der Waals surface area (Å²) in [6.07, 6.45) is -0.517. The molecule has 0 spiro atoms. The van der Waals surface area contributed by atoms with Crippen LogP contribution in [0.25, 0.3) is 11.3 Å². The predicted molar refractivity (Wildman–Crippen MR) is 96.0 cm³/mol. The smallest absolute Gasteiger partial charge is 0.405 e. The van der Waals surface area contributed by atoms with Gasteiger partial charge in [0.15, 0.2) is 0 Å². The summed E-state index contributed by atoms with van der Waals surface area (Å²) in [5, 5.41) is 14.2. The summed E-state index contributed by atoms with van der Waals surface area (Å²) in [5.41, 5.74) is 1.24. The van der Waals surface area contributed by atoms with Gasteiger partial charge >= 0.3 is 6.36 Å². The Hall–Kier alpha value is -2.06. The summed E-state index contributed by atoms with van der Waals surface area (Å²) in [6, 6.07) is 5.94. The number of hydrogen-bond acceptors (Lipinski definition) is 5. The van der Waals surface area contributed by atoms with E-state index in [0.29, 0.717) is 22.9 Å². The fourth-order valence-corrected chi connectivity index (χ4v) is 4.85. The second-order valence-corrected chi connectivity index (χ2v) is 8.35. The molecular weight excluding hydrogens is 387 g/mol. The first kappa shape index (κ1) is 18.9. The van der Waals surface area contributed by atoms with E-state index < -0.39 is 6.36 Å². The van der Waals surface area contributed by atoms with Crippen molar-refractivity contribution < 1.29 is 32.3 Å². The molecule has 3 saturated carbocycles. The van der Waals surface area contributed by atoms with E-state index in [1.54, 1.807) is 12.1 Å². The zero-order valence-electron chi connectivity index (χ0n) is 15.7. The predicted octanol–water partition coefficient (Wildman–Crippen LogP) is 4.79. The first-order valence-electron chi connectivity index (χ1n) is 10.0. The van der Waals surface area contributed by atoms with E-state index in [-0.39, 0.29) is 42.0 Å². The van der Waals surface area contributed by atoms with Gasteiger partial charge < -0.3 is 19.1 Å². The van der Waals surface area contributed by atoms with Gasteiger partial charge in [0.2, 0.25) is 0 Å². The molecule has 2 aromatic rings. The number of aliphatic hydroxyl groups excluding tert-OH is 1. The number of halogens is 3. The normalized spacial score (nSPS) is 28.8. The molecule has 0 saturated heterocycles. The van der Waals surface area contributed by atoms with Gasteiger partial charge in [-0.1, -0.05) is 17.3 Å². The molecule has 5 nitrogen and oxygen atoms in total. The summed E-state index contributed by atoms with van der Waals surface area (Å²) in [5.74, 6) is 1.23. The van der Waals surface area contributed by atoms with Gasteiger partial charge in [-0.05, 0) is 50.2 Å². The van der Waals surface area contributed by atoms with Gasteiger partial charge in [0.1, 0.15) is 17.2 Å². The van der Waals surface area contributed by atoms with Crippen LogP contribution in [0.3, 0.4) is 0 Å². The summed E-state index contributed by atoms with van der Waals surface area (Å²) >= 11 is 0. The Labute approximate surface area is 165 Å². The van der Waals surface area contributed by atoms with Crippen LogP contribution in [0, 0.1) is 11.8 Å². The molecule has 1 N–H and O–H groups in total. The third-order valence-electron chi connectivity index (χ3n) is 6.29. The van der Waals surface area contributed by atoms with Crippen LogP contribution in [0.15, 0.2) is 28.8 Å². The van der Waals surface area contributed by atoms with Gasteiger partial charge in [-0.15, -0.1) is 13.2 Å². The maximum atomic E-state index is 12.8. The number of fused-ring (bicyclic) bond motifs is 2. The quantitative estimate of drug-likeness (QED) is 0.743. The van der Waals surface area contributed by atoms with Gasteiger partial charge in [0.05, 0.1) is 18.8 Å². The number of aromatic nitrogens is 1. The number of hydrogen-bond donors (Lipinski definition) is 1.